The van der Waals surface area contributed by atoms with Crippen molar-refractivity contribution in [3.05, 3.63) is 66.0 Å². The Kier molecular flexibility index (Phi) is 4.60. The van der Waals surface area contributed by atoms with Gasteiger partial charge in [-0.15, -0.1) is 0 Å². The van der Waals surface area contributed by atoms with Crippen molar-refractivity contribution in [2.75, 3.05) is 16.4 Å². The van der Waals surface area contributed by atoms with Gasteiger partial charge in [-0.25, -0.2) is 15.0 Å². The van der Waals surface area contributed by atoms with Gasteiger partial charge in [-0.05, 0) is 37.1 Å². The Hall–Kier alpha value is -3.19. The van der Waals surface area contributed by atoms with Crippen LogP contribution in [0.25, 0.3) is 10.2 Å². The lowest BCUT2D eigenvalue weighted by Crippen LogP contribution is -2.11. The Morgan fingerprint density at radius 3 is 2.63 bits per heavy atom. The number of hydrogen-bond donors (Lipinski definition) is 3. The molecule has 0 amide bonds. The topological polar surface area (TPSA) is 88.8 Å². The number of anilines is 4. The summed E-state index contributed by atoms with van der Waals surface area (Å²) in [6.45, 7) is 4.14. The van der Waals surface area contributed by atoms with Crippen LogP contribution in [0, 0.1) is 6.92 Å². The van der Waals surface area contributed by atoms with Crippen molar-refractivity contribution < 1.29 is 0 Å². The minimum atomic E-state index is 0.0710. The van der Waals surface area contributed by atoms with Gasteiger partial charge in [0.25, 0.3) is 0 Å². The summed E-state index contributed by atoms with van der Waals surface area (Å²) in [5.74, 6) is 1.14. The Labute approximate surface area is 161 Å². The zero-order valence-corrected chi connectivity index (χ0v) is 15.9. The van der Waals surface area contributed by atoms with Crippen LogP contribution in [-0.2, 0) is 0 Å². The number of aromatic nitrogens is 3. The minimum absolute atomic E-state index is 0.0710. The van der Waals surface area contributed by atoms with E-state index in [0.717, 1.165) is 20.9 Å². The second-order valence-electron chi connectivity index (χ2n) is 6.38. The molecule has 4 rings (SSSR count). The monoisotopic (exact) mass is 376 g/mol. The predicted molar refractivity (Wildman–Crippen MR) is 113 cm³/mol. The van der Waals surface area contributed by atoms with Crippen LogP contribution >= 0.6 is 11.3 Å². The van der Waals surface area contributed by atoms with E-state index >= 15 is 0 Å². The van der Waals surface area contributed by atoms with Crippen molar-refractivity contribution in [1.29, 1.82) is 0 Å². The second-order valence-corrected chi connectivity index (χ2v) is 7.41. The van der Waals surface area contributed by atoms with Crippen molar-refractivity contribution in [1.82, 2.24) is 15.0 Å². The molecule has 0 radical (unpaired) electrons. The normalized spacial score (nSPS) is 12.1. The molecular weight excluding hydrogens is 356 g/mol. The number of nitrogen functional groups attached to an aromatic ring is 1. The molecule has 0 bridgehead atoms. The molecule has 7 heteroatoms. The first-order valence-electron chi connectivity index (χ1n) is 8.66. The number of nitrogens with zero attached hydrogens (tertiary/aromatic N) is 3. The van der Waals surface area contributed by atoms with E-state index < -0.39 is 0 Å². The smallest absolute Gasteiger partial charge is 0.189 e. The Bertz CT molecular complexity index is 1080. The lowest BCUT2D eigenvalue weighted by Gasteiger charge is -2.17. The number of nitrogens with one attached hydrogen (secondary N) is 2. The molecular formula is C20H20N6S. The highest BCUT2D eigenvalue weighted by Crippen LogP contribution is 2.32. The Morgan fingerprint density at radius 2 is 1.81 bits per heavy atom. The molecule has 0 aliphatic rings. The van der Waals surface area contributed by atoms with Gasteiger partial charge in [-0.2, -0.15) is 0 Å². The second kappa shape index (κ2) is 7.20. The van der Waals surface area contributed by atoms with Gasteiger partial charge in [-0.3, -0.25) is 0 Å². The zero-order valence-electron chi connectivity index (χ0n) is 15.1. The number of benzene rings is 2. The van der Waals surface area contributed by atoms with E-state index in [4.69, 9.17) is 5.73 Å². The van der Waals surface area contributed by atoms with Gasteiger partial charge in [-0.1, -0.05) is 47.7 Å². The van der Waals surface area contributed by atoms with Gasteiger partial charge in [0.15, 0.2) is 16.8 Å². The summed E-state index contributed by atoms with van der Waals surface area (Å²) in [7, 11) is 0. The average Bonchev–Trinajstić information content (AvgIpc) is 3.07. The van der Waals surface area contributed by atoms with Crippen LogP contribution in [0.2, 0.25) is 0 Å². The molecule has 4 aromatic rings. The standard InChI is InChI=1S/C20H20N6S/c1-12-8-9-15-16(10-12)27-20(25-15)26-19-17(21)18(22-11-23-19)24-13(2)14-6-4-3-5-7-14/h3-11,13H,21H2,1-2H3,(H2,22,23,24,25,26). The molecule has 136 valence electrons. The van der Waals surface area contributed by atoms with Gasteiger partial charge < -0.3 is 16.4 Å². The van der Waals surface area contributed by atoms with E-state index in [2.05, 4.69) is 63.7 Å². The van der Waals surface area contributed by atoms with E-state index in [9.17, 15) is 0 Å². The van der Waals surface area contributed by atoms with Crippen LogP contribution in [0.15, 0.2) is 54.9 Å². The number of thiazole rings is 1. The fraction of sp³-hybridized carbons (Fsp3) is 0.150. The van der Waals surface area contributed by atoms with Crippen LogP contribution in [0.3, 0.4) is 0 Å². The van der Waals surface area contributed by atoms with E-state index in [1.54, 1.807) is 11.3 Å². The largest absolute Gasteiger partial charge is 0.393 e. The highest BCUT2D eigenvalue weighted by atomic mass is 32.1. The maximum absolute atomic E-state index is 6.30. The highest BCUT2D eigenvalue weighted by Gasteiger charge is 2.13. The third-order valence-electron chi connectivity index (χ3n) is 4.31. The van der Waals surface area contributed by atoms with Gasteiger partial charge in [0, 0.05) is 0 Å². The average molecular weight is 376 g/mol. The van der Waals surface area contributed by atoms with Crippen LogP contribution < -0.4 is 16.4 Å². The van der Waals surface area contributed by atoms with Crippen LogP contribution in [0.4, 0.5) is 22.5 Å². The first-order chi connectivity index (χ1) is 13.1. The van der Waals surface area contributed by atoms with Gasteiger partial charge in [0.05, 0.1) is 16.3 Å². The number of hydrogen-bond acceptors (Lipinski definition) is 7. The van der Waals surface area contributed by atoms with E-state index in [1.165, 1.54) is 11.9 Å². The lowest BCUT2D eigenvalue weighted by molar-refractivity contribution is 0.873. The number of rotatable bonds is 5. The summed E-state index contributed by atoms with van der Waals surface area (Å²) in [6, 6.07) is 16.4. The summed E-state index contributed by atoms with van der Waals surface area (Å²) in [5.41, 5.74) is 10.1. The minimum Gasteiger partial charge on any atom is -0.393 e. The molecule has 27 heavy (non-hydrogen) atoms. The van der Waals surface area contributed by atoms with Crippen molar-refractivity contribution >= 4 is 44.0 Å². The van der Waals surface area contributed by atoms with Crippen LogP contribution in [-0.4, -0.2) is 15.0 Å². The van der Waals surface area contributed by atoms with Gasteiger partial charge >= 0.3 is 0 Å². The van der Waals surface area contributed by atoms with Crippen LogP contribution in [0.1, 0.15) is 24.1 Å². The molecule has 4 N–H and O–H groups in total. The molecule has 1 unspecified atom stereocenters. The predicted octanol–water partition coefficient (Wildman–Crippen LogP) is 4.89. The Morgan fingerprint density at radius 1 is 1.04 bits per heavy atom. The molecule has 1 atom stereocenters. The van der Waals surface area contributed by atoms with Gasteiger partial charge in [0.2, 0.25) is 0 Å². The fourth-order valence-corrected chi connectivity index (χ4v) is 3.79. The molecule has 0 saturated carbocycles. The van der Waals surface area contributed by atoms with E-state index in [1.807, 2.05) is 24.3 Å². The van der Waals surface area contributed by atoms with Crippen molar-refractivity contribution in [2.45, 2.75) is 19.9 Å². The molecule has 2 heterocycles. The molecule has 6 nitrogen and oxygen atoms in total. The summed E-state index contributed by atoms with van der Waals surface area (Å²) >= 11 is 1.57. The maximum Gasteiger partial charge on any atom is 0.189 e. The molecule has 0 aliphatic heterocycles. The molecule has 0 aliphatic carbocycles. The highest BCUT2D eigenvalue weighted by molar-refractivity contribution is 7.22. The summed E-state index contributed by atoms with van der Waals surface area (Å²) in [5, 5.41) is 7.33. The number of aryl methyl sites for hydroxylation is 1. The summed E-state index contributed by atoms with van der Waals surface area (Å²) < 4.78 is 1.13. The van der Waals surface area contributed by atoms with Crippen molar-refractivity contribution in [3.8, 4) is 0 Å². The summed E-state index contributed by atoms with van der Waals surface area (Å²) in [6.07, 6.45) is 1.50. The quantitative estimate of drug-likeness (QED) is 0.459. The Balaban J connectivity index is 1.57. The maximum atomic E-state index is 6.30. The zero-order chi connectivity index (χ0) is 18.8. The van der Waals surface area contributed by atoms with E-state index in [0.29, 0.717) is 17.3 Å². The number of fused-ring (bicyclic) bond motifs is 1. The third kappa shape index (κ3) is 3.68. The first-order valence-corrected chi connectivity index (χ1v) is 9.48. The number of nitrogens with two attached hydrogens (primary N) is 1. The molecule has 0 saturated heterocycles. The first kappa shape index (κ1) is 17.2. The molecule has 0 spiro atoms. The fourth-order valence-electron chi connectivity index (χ4n) is 2.83. The molecule has 2 aromatic heterocycles. The SMILES string of the molecule is Cc1ccc2nc(Nc3ncnc(NC(C)c4ccccc4)c3N)sc2c1. The van der Waals surface area contributed by atoms with Crippen molar-refractivity contribution in [2.24, 2.45) is 0 Å². The third-order valence-corrected chi connectivity index (χ3v) is 5.24. The van der Waals surface area contributed by atoms with Crippen LogP contribution in [0.5, 0.6) is 0 Å². The summed E-state index contributed by atoms with van der Waals surface area (Å²) in [4.78, 5) is 13.2. The molecule has 2 aromatic carbocycles. The molecule has 0 fully saturated rings. The van der Waals surface area contributed by atoms with Gasteiger partial charge in [0.1, 0.15) is 12.0 Å². The lowest BCUT2D eigenvalue weighted by atomic mass is 10.1. The van der Waals surface area contributed by atoms with E-state index in [-0.39, 0.29) is 6.04 Å². The van der Waals surface area contributed by atoms with Crippen molar-refractivity contribution in [3.63, 3.8) is 0 Å².